The Kier molecular flexibility index (Phi) is 4.41. The van der Waals surface area contributed by atoms with Gasteiger partial charge < -0.3 is 5.11 Å². The van der Waals surface area contributed by atoms with Crippen LogP contribution in [0, 0.1) is 11.8 Å². The summed E-state index contributed by atoms with van der Waals surface area (Å²) in [6.07, 6.45) is 7.08. The highest BCUT2D eigenvalue weighted by Crippen LogP contribution is 2.38. The Balaban J connectivity index is 2.02. The summed E-state index contributed by atoms with van der Waals surface area (Å²) in [6, 6.07) is 3.59. The van der Waals surface area contributed by atoms with E-state index in [2.05, 4.69) is 11.9 Å². The minimum atomic E-state index is -0.499. The quantitative estimate of drug-likeness (QED) is 0.884. The van der Waals surface area contributed by atoms with Crippen LogP contribution < -0.4 is 0 Å². The van der Waals surface area contributed by atoms with E-state index in [1.54, 1.807) is 18.3 Å². The maximum absolute atomic E-state index is 10.3. The van der Waals surface area contributed by atoms with Crippen molar-refractivity contribution < 1.29 is 5.11 Å². The van der Waals surface area contributed by atoms with Gasteiger partial charge in [0.2, 0.25) is 0 Å². The summed E-state index contributed by atoms with van der Waals surface area (Å²) in [4.78, 5) is 4.21. The van der Waals surface area contributed by atoms with Crippen molar-refractivity contribution in [1.82, 2.24) is 4.98 Å². The molecule has 1 aliphatic rings. The van der Waals surface area contributed by atoms with Gasteiger partial charge in [0.25, 0.3) is 0 Å². The number of hydrogen-bond donors (Lipinski definition) is 1. The molecule has 1 aromatic rings. The standard InChI is InChI=1S/C14H20ClNO/c1-2-10-5-7-11(8-6-10)14(17)13-12(15)4-3-9-16-13/h3-4,9-11,14,17H,2,5-8H2,1H3. The number of aromatic nitrogens is 1. The van der Waals surface area contributed by atoms with Crippen LogP contribution in [0.15, 0.2) is 18.3 Å². The van der Waals surface area contributed by atoms with E-state index >= 15 is 0 Å². The molecule has 0 aromatic carbocycles. The molecule has 0 bridgehead atoms. The highest BCUT2D eigenvalue weighted by Gasteiger charge is 2.28. The van der Waals surface area contributed by atoms with E-state index in [0.29, 0.717) is 16.6 Å². The largest absolute Gasteiger partial charge is 0.386 e. The van der Waals surface area contributed by atoms with Crippen LogP contribution in [0.5, 0.6) is 0 Å². The van der Waals surface area contributed by atoms with E-state index in [0.717, 1.165) is 18.8 Å². The molecule has 0 amide bonds. The minimum absolute atomic E-state index is 0.324. The van der Waals surface area contributed by atoms with Crippen molar-refractivity contribution in [2.24, 2.45) is 11.8 Å². The van der Waals surface area contributed by atoms with Crippen molar-refractivity contribution >= 4 is 11.6 Å². The summed E-state index contributed by atoms with van der Waals surface area (Å²) in [7, 11) is 0. The number of aliphatic hydroxyl groups is 1. The molecule has 1 unspecified atom stereocenters. The number of hydrogen-bond acceptors (Lipinski definition) is 2. The average molecular weight is 254 g/mol. The average Bonchev–Trinajstić information content (AvgIpc) is 2.39. The van der Waals surface area contributed by atoms with E-state index in [-0.39, 0.29) is 0 Å². The van der Waals surface area contributed by atoms with Gasteiger partial charge in [-0.2, -0.15) is 0 Å². The Morgan fingerprint density at radius 2 is 2.12 bits per heavy atom. The third-order valence-electron chi connectivity index (χ3n) is 3.98. The van der Waals surface area contributed by atoms with Gasteiger partial charge in [-0.05, 0) is 36.8 Å². The Morgan fingerprint density at radius 3 is 2.71 bits per heavy atom. The highest BCUT2D eigenvalue weighted by atomic mass is 35.5. The van der Waals surface area contributed by atoms with Crippen molar-refractivity contribution in [3.63, 3.8) is 0 Å². The highest BCUT2D eigenvalue weighted by molar-refractivity contribution is 6.31. The fourth-order valence-corrected chi connectivity index (χ4v) is 2.98. The molecule has 94 valence electrons. The predicted molar refractivity (Wildman–Crippen MR) is 69.9 cm³/mol. The maximum atomic E-state index is 10.3. The second-order valence-electron chi connectivity index (χ2n) is 5.00. The van der Waals surface area contributed by atoms with Crippen LogP contribution in [0.25, 0.3) is 0 Å². The molecular formula is C14H20ClNO. The molecule has 1 heterocycles. The molecule has 2 rings (SSSR count). The van der Waals surface area contributed by atoms with Gasteiger partial charge >= 0.3 is 0 Å². The first-order chi connectivity index (χ1) is 8.22. The second kappa shape index (κ2) is 5.83. The van der Waals surface area contributed by atoms with Gasteiger partial charge in [0.15, 0.2) is 0 Å². The van der Waals surface area contributed by atoms with Crippen LogP contribution in [0.2, 0.25) is 5.02 Å². The van der Waals surface area contributed by atoms with E-state index in [9.17, 15) is 5.11 Å². The zero-order chi connectivity index (χ0) is 12.3. The molecule has 1 N–H and O–H groups in total. The molecule has 1 aliphatic carbocycles. The van der Waals surface area contributed by atoms with Crippen LogP contribution in [0.1, 0.15) is 50.8 Å². The molecule has 3 heteroatoms. The number of rotatable bonds is 3. The molecule has 0 saturated heterocycles. The number of halogens is 1. The van der Waals surface area contributed by atoms with E-state index < -0.39 is 6.10 Å². The summed E-state index contributed by atoms with van der Waals surface area (Å²) < 4.78 is 0. The lowest BCUT2D eigenvalue weighted by Crippen LogP contribution is -2.21. The molecule has 1 fully saturated rings. The Labute approximate surface area is 108 Å². The van der Waals surface area contributed by atoms with Gasteiger partial charge in [-0.15, -0.1) is 0 Å². The number of pyridine rings is 1. The van der Waals surface area contributed by atoms with Crippen molar-refractivity contribution in [1.29, 1.82) is 0 Å². The lowest BCUT2D eigenvalue weighted by atomic mass is 9.78. The number of nitrogens with zero attached hydrogens (tertiary/aromatic N) is 1. The first-order valence-electron chi connectivity index (χ1n) is 6.50. The molecule has 1 atom stereocenters. The first-order valence-corrected chi connectivity index (χ1v) is 6.88. The van der Waals surface area contributed by atoms with Crippen LogP contribution >= 0.6 is 11.6 Å². The molecule has 1 saturated carbocycles. The smallest absolute Gasteiger partial charge is 0.100 e. The summed E-state index contributed by atoms with van der Waals surface area (Å²) in [5, 5.41) is 10.9. The minimum Gasteiger partial charge on any atom is -0.386 e. The third-order valence-corrected chi connectivity index (χ3v) is 4.30. The monoisotopic (exact) mass is 253 g/mol. The molecule has 0 radical (unpaired) electrons. The van der Waals surface area contributed by atoms with Crippen LogP contribution in [-0.4, -0.2) is 10.1 Å². The topological polar surface area (TPSA) is 33.1 Å². The van der Waals surface area contributed by atoms with Crippen LogP contribution in [0.3, 0.4) is 0 Å². The van der Waals surface area contributed by atoms with Gasteiger partial charge in [0, 0.05) is 6.20 Å². The van der Waals surface area contributed by atoms with Crippen LogP contribution in [-0.2, 0) is 0 Å². The lowest BCUT2D eigenvalue weighted by molar-refractivity contribution is 0.0697. The van der Waals surface area contributed by atoms with Crippen molar-refractivity contribution in [2.45, 2.75) is 45.1 Å². The fourth-order valence-electron chi connectivity index (χ4n) is 2.75. The second-order valence-corrected chi connectivity index (χ2v) is 5.41. The predicted octanol–water partition coefficient (Wildman–Crippen LogP) is 3.98. The van der Waals surface area contributed by atoms with Gasteiger partial charge in [-0.25, -0.2) is 0 Å². The van der Waals surface area contributed by atoms with Gasteiger partial charge in [0.05, 0.1) is 10.7 Å². The SMILES string of the molecule is CCC1CCC(C(O)c2ncccc2Cl)CC1. The van der Waals surface area contributed by atoms with Gasteiger partial charge in [0.1, 0.15) is 6.10 Å². The van der Waals surface area contributed by atoms with E-state index in [1.807, 2.05) is 0 Å². The Bertz CT molecular complexity index is 361. The Morgan fingerprint density at radius 1 is 1.41 bits per heavy atom. The molecule has 0 spiro atoms. The maximum Gasteiger partial charge on any atom is 0.100 e. The number of aliphatic hydroxyl groups excluding tert-OH is 1. The van der Waals surface area contributed by atoms with Crippen molar-refractivity contribution in [2.75, 3.05) is 0 Å². The third kappa shape index (κ3) is 2.99. The van der Waals surface area contributed by atoms with E-state index in [1.165, 1.54) is 19.3 Å². The fraction of sp³-hybridized carbons (Fsp3) is 0.643. The van der Waals surface area contributed by atoms with Crippen LogP contribution in [0.4, 0.5) is 0 Å². The summed E-state index contributed by atoms with van der Waals surface area (Å²) >= 11 is 6.07. The molecule has 0 aliphatic heterocycles. The van der Waals surface area contributed by atoms with E-state index in [4.69, 9.17) is 11.6 Å². The van der Waals surface area contributed by atoms with Crippen molar-refractivity contribution in [3.8, 4) is 0 Å². The van der Waals surface area contributed by atoms with Gasteiger partial charge in [-0.3, -0.25) is 4.98 Å². The first kappa shape index (κ1) is 12.8. The molecule has 1 aromatic heterocycles. The van der Waals surface area contributed by atoms with Crippen molar-refractivity contribution in [3.05, 3.63) is 29.0 Å². The molecular weight excluding hydrogens is 234 g/mol. The molecule has 2 nitrogen and oxygen atoms in total. The summed E-state index contributed by atoms with van der Waals surface area (Å²) in [5.74, 6) is 1.17. The molecule has 17 heavy (non-hydrogen) atoms. The normalized spacial score (nSPS) is 26.8. The summed E-state index contributed by atoms with van der Waals surface area (Å²) in [6.45, 7) is 2.25. The zero-order valence-electron chi connectivity index (χ0n) is 10.3. The lowest BCUT2D eigenvalue weighted by Gasteiger charge is -2.31. The summed E-state index contributed by atoms with van der Waals surface area (Å²) in [5.41, 5.74) is 0.647. The van der Waals surface area contributed by atoms with Gasteiger partial charge in [-0.1, -0.05) is 37.8 Å². The Hall–Kier alpha value is -0.600. The zero-order valence-corrected chi connectivity index (χ0v) is 11.0.